The van der Waals surface area contributed by atoms with Gasteiger partial charge in [0.05, 0.1) is 0 Å². The van der Waals surface area contributed by atoms with Crippen molar-refractivity contribution in [3.8, 4) is 5.75 Å². The molecule has 11 nitrogen and oxygen atoms in total. The number of carbonyl (C=O) groups excluding carboxylic acids is 3. The smallest absolute Gasteiger partial charge is 0.312 e. The van der Waals surface area contributed by atoms with E-state index in [4.69, 9.17) is 0 Å². The molecular formula is C30H39FN6O5. The predicted molar refractivity (Wildman–Crippen MR) is 152 cm³/mol. The first-order chi connectivity index (χ1) is 19.9. The summed E-state index contributed by atoms with van der Waals surface area (Å²) in [5.41, 5.74) is -1.98. The number of carbonyl (C=O) groups is 3. The van der Waals surface area contributed by atoms with Crippen LogP contribution in [0.1, 0.15) is 66.0 Å². The number of likely N-dealkylation sites (N-methyl/N-ethyl adjacent to an activating group) is 2. The number of halogens is 1. The Labute approximate surface area is 244 Å². The molecule has 2 bridgehead atoms. The molecule has 0 unspecified atom stereocenters. The van der Waals surface area contributed by atoms with E-state index in [0.29, 0.717) is 31.2 Å². The Morgan fingerprint density at radius 1 is 1.10 bits per heavy atom. The van der Waals surface area contributed by atoms with E-state index < -0.39 is 46.1 Å². The van der Waals surface area contributed by atoms with Crippen molar-refractivity contribution in [2.75, 3.05) is 40.8 Å². The highest BCUT2D eigenvalue weighted by Crippen LogP contribution is 2.53. The van der Waals surface area contributed by atoms with Crippen LogP contribution in [0.4, 0.5) is 4.39 Å². The largest absolute Gasteiger partial charge is 0.501 e. The lowest BCUT2D eigenvalue weighted by Gasteiger charge is -2.47. The summed E-state index contributed by atoms with van der Waals surface area (Å²) in [7, 11) is 4.52. The number of hydrogen-bond acceptors (Lipinski definition) is 7. The fourth-order valence-corrected chi connectivity index (χ4v) is 6.56. The first kappa shape index (κ1) is 29.7. The molecule has 2 fully saturated rings. The Hall–Kier alpha value is -3.80. The Morgan fingerprint density at radius 2 is 1.79 bits per heavy atom. The first-order valence-corrected chi connectivity index (χ1v) is 14.5. The molecule has 4 aliphatic rings. The maximum absolute atomic E-state index is 14.5. The number of nitrogens with one attached hydrogen (secondary N) is 1. The van der Waals surface area contributed by atoms with Gasteiger partial charge in [0, 0.05) is 39.8 Å². The minimum Gasteiger partial charge on any atom is -0.501 e. The van der Waals surface area contributed by atoms with E-state index in [1.807, 2.05) is 0 Å². The van der Waals surface area contributed by atoms with Crippen LogP contribution >= 0.6 is 0 Å². The van der Waals surface area contributed by atoms with Gasteiger partial charge in [-0.3, -0.25) is 23.7 Å². The van der Waals surface area contributed by atoms with Gasteiger partial charge in [-0.15, -0.1) is 0 Å². The number of benzene rings is 1. The number of rotatable bonds is 7. The normalized spacial score (nSPS) is 23.0. The summed E-state index contributed by atoms with van der Waals surface area (Å²) in [5, 5.41) is 13.5. The summed E-state index contributed by atoms with van der Waals surface area (Å²) in [4.78, 5) is 62.7. The average molecular weight is 583 g/mol. The molecule has 1 aliphatic carbocycles. The van der Waals surface area contributed by atoms with Crippen LogP contribution in [0, 0.1) is 18.2 Å². The van der Waals surface area contributed by atoms with E-state index in [0.717, 1.165) is 26.1 Å². The Balaban J connectivity index is 1.55. The fraction of sp³-hybridized carbons (Fsp3) is 0.567. The zero-order valence-corrected chi connectivity index (χ0v) is 24.7. The third-order valence-corrected chi connectivity index (χ3v) is 9.56. The number of amides is 3. The van der Waals surface area contributed by atoms with Gasteiger partial charge in [0.25, 0.3) is 11.5 Å². The highest BCUT2D eigenvalue weighted by atomic mass is 19.1. The molecule has 0 radical (unpaired) electrons. The molecule has 1 saturated carbocycles. The van der Waals surface area contributed by atoms with Gasteiger partial charge < -0.3 is 25.1 Å². The number of nitrogens with zero attached hydrogens (tertiary/aromatic N) is 5. The first-order valence-electron chi connectivity index (χ1n) is 14.5. The summed E-state index contributed by atoms with van der Waals surface area (Å²) >= 11 is 0. The molecule has 6 rings (SSSR count). The van der Waals surface area contributed by atoms with Crippen LogP contribution in [0.15, 0.2) is 23.0 Å². The molecule has 42 heavy (non-hydrogen) atoms. The zero-order valence-electron chi connectivity index (χ0n) is 24.7. The van der Waals surface area contributed by atoms with Crippen LogP contribution < -0.4 is 10.9 Å². The van der Waals surface area contributed by atoms with Crippen LogP contribution in [-0.2, 0) is 28.2 Å². The molecule has 1 saturated heterocycles. The second-order valence-corrected chi connectivity index (χ2v) is 12.3. The number of fused-ring (bicyclic) bond motifs is 2. The Morgan fingerprint density at radius 3 is 2.40 bits per heavy atom. The zero-order chi connectivity index (χ0) is 30.4. The molecule has 2 N–H and O–H groups in total. The van der Waals surface area contributed by atoms with Crippen LogP contribution in [0.25, 0.3) is 0 Å². The maximum atomic E-state index is 14.5. The summed E-state index contributed by atoms with van der Waals surface area (Å²) in [6, 6.07) is 4.83. The van der Waals surface area contributed by atoms with Crippen LogP contribution in [0.3, 0.4) is 0 Å². The monoisotopic (exact) mass is 582 g/mol. The molecule has 3 aliphatic heterocycles. The van der Waals surface area contributed by atoms with Gasteiger partial charge in [-0.25, -0.2) is 9.37 Å². The average Bonchev–Trinajstić information content (AvgIpc) is 3.17. The van der Waals surface area contributed by atoms with Gasteiger partial charge >= 0.3 is 11.8 Å². The van der Waals surface area contributed by atoms with Crippen molar-refractivity contribution in [3.63, 3.8) is 0 Å². The second kappa shape index (κ2) is 11.1. The number of likely N-dealkylation sites (tertiary alicyclic amines) is 1. The van der Waals surface area contributed by atoms with E-state index in [1.165, 1.54) is 48.0 Å². The van der Waals surface area contributed by atoms with Gasteiger partial charge in [0.2, 0.25) is 5.75 Å². The lowest BCUT2D eigenvalue weighted by molar-refractivity contribution is -0.155. The predicted octanol–water partition coefficient (Wildman–Crippen LogP) is 1.74. The van der Waals surface area contributed by atoms with Crippen molar-refractivity contribution >= 4 is 17.7 Å². The van der Waals surface area contributed by atoms with Crippen molar-refractivity contribution in [2.24, 2.45) is 5.41 Å². The fourth-order valence-electron chi connectivity index (χ4n) is 6.56. The lowest BCUT2D eigenvalue weighted by Crippen LogP contribution is -2.54. The van der Waals surface area contributed by atoms with Gasteiger partial charge in [-0.2, -0.15) is 0 Å². The van der Waals surface area contributed by atoms with Gasteiger partial charge in [-0.1, -0.05) is 18.2 Å². The number of aromatic hydroxyl groups is 1. The van der Waals surface area contributed by atoms with Crippen LogP contribution in [0.2, 0.25) is 0 Å². The number of hydrogen-bond donors (Lipinski definition) is 2. The Kier molecular flexibility index (Phi) is 7.86. The van der Waals surface area contributed by atoms with Crippen LogP contribution in [0.5, 0.6) is 5.75 Å². The van der Waals surface area contributed by atoms with Crippen molar-refractivity contribution in [3.05, 3.63) is 57.0 Å². The van der Waals surface area contributed by atoms with E-state index >= 15 is 0 Å². The van der Waals surface area contributed by atoms with Gasteiger partial charge in [-0.05, 0) is 76.1 Å². The minimum atomic E-state index is -1.13. The molecule has 1 aromatic heterocycles. The van der Waals surface area contributed by atoms with Crippen molar-refractivity contribution in [1.29, 1.82) is 0 Å². The second-order valence-electron chi connectivity index (χ2n) is 12.3. The quantitative estimate of drug-likeness (QED) is 0.476. The molecule has 4 heterocycles. The standard InChI is InChI=1S/C30H39FN6O5/c1-19-7-5-8-20(21(19)31)17-32-24(39)22-23(38)25(40)37-18-29(13-16-36-14-6-15-36)9-11-30(12-10-29,28(37)33-22)35(4)27(42)26(41)34(2)3/h5,7-8,38H,6,9-18H2,1-4H3,(H,32,39). The lowest BCUT2D eigenvalue weighted by atomic mass is 9.66. The third-order valence-electron chi connectivity index (χ3n) is 9.56. The third kappa shape index (κ3) is 5.05. The molecule has 12 heteroatoms. The van der Waals surface area contributed by atoms with Crippen LogP contribution in [-0.4, -0.2) is 87.9 Å². The minimum absolute atomic E-state index is 0.174. The van der Waals surface area contributed by atoms with E-state index in [9.17, 15) is 28.7 Å². The molecule has 1 aromatic carbocycles. The molecule has 2 aromatic rings. The van der Waals surface area contributed by atoms with Gasteiger partial charge in [0.1, 0.15) is 17.2 Å². The summed E-state index contributed by atoms with van der Waals surface area (Å²) < 4.78 is 15.9. The molecule has 226 valence electrons. The SMILES string of the molecule is Cc1cccc(CNC(=O)c2nc3n(c(=O)c2O)CC2(CCN4CCC4)CCC3(N(C)C(=O)C(=O)N(C)C)CC2)c1F. The summed E-state index contributed by atoms with van der Waals surface area (Å²) in [5.74, 6) is -3.37. The number of aromatic nitrogens is 2. The molecule has 0 atom stereocenters. The molecule has 0 spiro atoms. The number of aryl methyl sites for hydroxylation is 1. The Bertz CT molecular complexity index is 1480. The maximum Gasteiger partial charge on any atom is 0.312 e. The van der Waals surface area contributed by atoms with Crippen molar-refractivity contribution in [1.82, 2.24) is 29.6 Å². The van der Waals surface area contributed by atoms with E-state index in [-0.39, 0.29) is 29.9 Å². The summed E-state index contributed by atoms with van der Waals surface area (Å²) in [6.07, 6.45) is 4.28. The van der Waals surface area contributed by atoms with Gasteiger partial charge in [0.15, 0.2) is 5.69 Å². The highest BCUT2D eigenvalue weighted by Gasteiger charge is 2.54. The molecule has 3 amide bonds. The van der Waals surface area contributed by atoms with E-state index in [1.54, 1.807) is 19.1 Å². The highest BCUT2D eigenvalue weighted by molar-refractivity contribution is 6.34. The van der Waals surface area contributed by atoms with Crippen molar-refractivity contribution in [2.45, 2.75) is 64.1 Å². The van der Waals surface area contributed by atoms with E-state index in [2.05, 4.69) is 15.2 Å². The summed E-state index contributed by atoms with van der Waals surface area (Å²) in [6.45, 7) is 4.72. The molecular weight excluding hydrogens is 543 g/mol. The topological polar surface area (TPSA) is 128 Å². The van der Waals surface area contributed by atoms with Crippen molar-refractivity contribution < 1.29 is 23.9 Å².